The third-order valence-electron chi connectivity index (χ3n) is 4.56. The largest absolute Gasteiger partial charge is 0.473 e. The summed E-state index contributed by atoms with van der Waals surface area (Å²) in [5.41, 5.74) is 3.73. The highest BCUT2D eigenvalue weighted by Crippen LogP contribution is 2.26. The van der Waals surface area contributed by atoms with Crippen LogP contribution >= 0.6 is 15.9 Å². The summed E-state index contributed by atoms with van der Waals surface area (Å²) in [4.78, 5) is 13.8. The van der Waals surface area contributed by atoms with Crippen molar-refractivity contribution >= 4 is 32.8 Å². The first-order chi connectivity index (χ1) is 14.1. The Morgan fingerprint density at radius 2 is 1.79 bits per heavy atom. The van der Waals surface area contributed by atoms with E-state index in [0.29, 0.717) is 29.6 Å². The SMILES string of the molecule is Cc1nc(N[C@H](C)c2cccc(Br)c2)c2nc(OCc3ccccc3)ccc2n1. The van der Waals surface area contributed by atoms with Gasteiger partial charge in [0.1, 0.15) is 17.9 Å². The number of hydrogen-bond acceptors (Lipinski definition) is 5. The molecule has 2 aromatic carbocycles. The second-order valence-corrected chi connectivity index (χ2v) is 7.75. The highest BCUT2D eigenvalue weighted by Gasteiger charge is 2.13. The second-order valence-electron chi connectivity index (χ2n) is 6.83. The quantitative estimate of drug-likeness (QED) is 0.400. The molecule has 4 rings (SSSR count). The van der Waals surface area contributed by atoms with Crippen LogP contribution < -0.4 is 10.1 Å². The van der Waals surface area contributed by atoms with Crippen molar-refractivity contribution in [2.24, 2.45) is 0 Å². The molecule has 0 aliphatic heterocycles. The first-order valence-corrected chi connectivity index (χ1v) is 10.2. The Hall–Kier alpha value is -2.99. The van der Waals surface area contributed by atoms with Gasteiger partial charge in [-0.3, -0.25) is 0 Å². The summed E-state index contributed by atoms with van der Waals surface area (Å²) in [5.74, 6) is 1.94. The van der Waals surface area contributed by atoms with Gasteiger partial charge >= 0.3 is 0 Å². The molecule has 29 heavy (non-hydrogen) atoms. The maximum atomic E-state index is 5.89. The first-order valence-electron chi connectivity index (χ1n) is 9.42. The minimum Gasteiger partial charge on any atom is -0.473 e. The van der Waals surface area contributed by atoms with Gasteiger partial charge in [-0.05, 0) is 43.2 Å². The minimum atomic E-state index is 0.0562. The molecule has 1 atom stereocenters. The van der Waals surface area contributed by atoms with Crippen LogP contribution in [0.15, 0.2) is 71.2 Å². The lowest BCUT2D eigenvalue weighted by atomic mass is 10.1. The van der Waals surface area contributed by atoms with Gasteiger partial charge in [-0.2, -0.15) is 0 Å². The number of aryl methyl sites for hydroxylation is 1. The van der Waals surface area contributed by atoms with Gasteiger partial charge in [0.2, 0.25) is 5.88 Å². The van der Waals surface area contributed by atoms with Crippen LogP contribution in [-0.2, 0) is 6.61 Å². The molecule has 0 amide bonds. The number of halogens is 1. The zero-order valence-corrected chi connectivity index (χ0v) is 17.8. The normalized spacial score (nSPS) is 12.0. The molecule has 0 bridgehead atoms. The fourth-order valence-corrected chi connectivity index (χ4v) is 3.51. The molecule has 4 aromatic rings. The highest BCUT2D eigenvalue weighted by molar-refractivity contribution is 9.10. The lowest BCUT2D eigenvalue weighted by Crippen LogP contribution is -2.10. The van der Waals surface area contributed by atoms with Crippen molar-refractivity contribution in [3.8, 4) is 5.88 Å². The van der Waals surface area contributed by atoms with Crippen molar-refractivity contribution in [1.82, 2.24) is 15.0 Å². The predicted octanol–water partition coefficient (Wildman–Crippen LogP) is 5.85. The topological polar surface area (TPSA) is 59.9 Å². The molecule has 0 fully saturated rings. The van der Waals surface area contributed by atoms with Gasteiger partial charge in [-0.15, -0.1) is 0 Å². The van der Waals surface area contributed by atoms with Crippen molar-refractivity contribution < 1.29 is 4.74 Å². The Morgan fingerprint density at radius 3 is 2.59 bits per heavy atom. The first kappa shape index (κ1) is 19.3. The maximum Gasteiger partial charge on any atom is 0.214 e. The summed E-state index contributed by atoms with van der Waals surface area (Å²) in [6, 6.07) is 22.1. The standard InChI is InChI=1S/C23H21BrN4O/c1-15(18-9-6-10-19(24)13-18)25-23-22-20(26-16(2)27-23)11-12-21(28-22)29-14-17-7-4-3-5-8-17/h3-13,15H,14H2,1-2H3,(H,25,26,27)/t15-/m1/s1. The number of rotatable bonds is 6. The van der Waals surface area contributed by atoms with Crippen molar-refractivity contribution in [3.63, 3.8) is 0 Å². The molecular weight excluding hydrogens is 428 g/mol. The van der Waals surface area contributed by atoms with Crippen LogP contribution in [0.3, 0.4) is 0 Å². The summed E-state index contributed by atoms with van der Waals surface area (Å²) < 4.78 is 6.93. The molecule has 6 heteroatoms. The van der Waals surface area contributed by atoms with Gasteiger partial charge in [0.05, 0.1) is 11.6 Å². The van der Waals surface area contributed by atoms with Crippen molar-refractivity contribution in [1.29, 1.82) is 0 Å². The third kappa shape index (κ3) is 4.71. The van der Waals surface area contributed by atoms with Crippen molar-refractivity contribution in [2.45, 2.75) is 26.5 Å². The van der Waals surface area contributed by atoms with Gasteiger partial charge in [0.25, 0.3) is 0 Å². The van der Waals surface area contributed by atoms with Crippen LogP contribution in [0.4, 0.5) is 5.82 Å². The number of aromatic nitrogens is 3. The zero-order chi connectivity index (χ0) is 20.2. The Morgan fingerprint density at radius 1 is 0.966 bits per heavy atom. The monoisotopic (exact) mass is 448 g/mol. The van der Waals surface area contributed by atoms with E-state index in [-0.39, 0.29) is 6.04 Å². The Labute approximate surface area is 178 Å². The fourth-order valence-electron chi connectivity index (χ4n) is 3.09. The number of anilines is 1. The minimum absolute atomic E-state index is 0.0562. The average molecular weight is 449 g/mol. The van der Waals surface area contributed by atoms with Gasteiger partial charge in [-0.25, -0.2) is 15.0 Å². The van der Waals surface area contributed by atoms with Crippen LogP contribution in [0.2, 0.25) is 0 Å². The molecule has 0 unspecified atom stereocenters. The maximum absolute atomic E-state index is 5.89. The van der Waals surface area contributed by atoms with E-state index < -0.39 is 0 Å². The van der Waals surface area contributed by atoms with E-state index in [9.17, 15) is 0 Å². The molecule has 0 aliphatic carbocycles. The van der Waals surface area contributed by atoms with Crippen molar-refractivity contribution in [3.05, 3.63) is 88.2 Å². The molecule has 0 spiro atoms. The number of ether oxygens (including phenoxy) is 1. The summed E-state index contributed by atoms with van der Waals surface area (Å²) in [6.45, 7) is 4.44. The summed E-state index contributed by atoms with van der Waals surface area (Å²) in [5, 5.41) is 3.48. The van der Waals surface area contributed by atoms with Crippen molar-refractivity contribution in [2.75, 3.05) is 5.32 Å². The molecule has 0 saturated heterocycles. The molecule has 0 aliphatic rings. The van der Waals surface area contributed by atoms with Gasteiger partial charge in [0.15, 0.2) is 5.82 Å². The molecular formula is C23H21BrN4O. The third-order valence-corrected chi connectivity index (χ3v) is 5.05. The zero-order valence-electron chi connectivity index (χ0n) is 16.3. The Bertz CT molecular complexity index is 1130. The lowest BCUT2D eigenvalue weighted by molar-refractivity contribution is 0.295. The number of nitrogens with zero attached hydrogens (tertiary/aromatic N) is 3. The van der Waals surface area contributed by atoms with Crippen LogP contribution in [0.5, 0.6) is 5.88 Å². The van der Waals surface area contributed by atoms with Gasteiger partial charge in [-0.1, -0.05) is 58.4 Å². The van der Waals surface area contributed by atoms with E-state index in [2.05, 4.69) is 55.3 Å². The molecule has 0 radical (unpaired) electrons. The van der Waals surface area contributed by atoms with Crippen LogP contribution in [0.1, 0.15) is 29.9 Å². The second kappa shape index (κ2) is 8.57. The van der Waals surface area contributed by atoms with E-state index in [1.54, 1.807) is 0 Å². The molecule has 1 N–H and O–H groups in total. The summed E-state index contributed by atoms with van der Waals surface area (Å²) >= 11 is 3.53. The smallest absolute Gasteiger partial charge is 0.214 e. The summed E-state index contributed by atoms with van der Waals surface area (Å²) in [7, 11) is 0. The fraction of sp³-hybridized carbons (Fsp3) is 0.174. The molecule has 2 aromatic heterocycles. The van der Waals surface area contributed by atoms with E-state index in [4.69, 9.17) is 4.74 Å². The van der Waals surface area contributed by atoms with Crippen LogP contribution in [0.25, 0.3) is 11.0 Å². The van der Waals surface area contributed by atoms with E-state index >= 15 is 0 Å². The number of benzene rings is 2. The predicted molar refractivity (Wildman–Crippen MR) is 119 cm³/mol. The van der Waals surface area contributed by atoms with E-state index in [0.717, 1.165) is 21.1 Å². The average Bonchev–Trinajstić information content (AvgIpc) is 2.73. The number of hydrogen-bond donors (Lipinski definition) is 1. The van der Waals surface area contributed by atoms with Crippen LogP contribution in [0, 0.1) is 6.92 Å². The number of pyridine rings is 1. The number of fused-ring (bicyclic) bond motifs is 1. The van der Waals surface area contributed by atoms with E-state index in [1.165, 1.54) is 0 Å². The highest BCUT2D eigenvalue weighted by atomic mass is 79.9. The van der Waals surface area contributed by atoms with Gasteiger partial charge in [0, 0.05) is 10.5 Å². The molecule has 0 saturated carbocycles. The lowest BCUT2D eigenvalue weighted by Gasteiger charge is -2.17. The van der Waals surface area contributed by atoms with E-state index in [1.807, 2.05) is 61.5 Å². The van der Waals surface area contributed by atoms with Crippen LogP contribution in [-0.4, -0.2) is 15.0 Å². The molecule has 146 valence electrons. The summed E-state index contributed by atoms with van der Waals surface area (Å²) in [6.07, 6.45) is 0. The number of nitrogens with one attached hydrogen (secondary N) is 1. The van der Waals surface area contributed by atoms with Gasteiger partial charge < -0.3 is 10.1 Å². The molecule has 2 heterocycles. The Balaban J connectivity index is 1.62. The Kier molecular flexibility index (Phi) is 5.71. The molecule has 5 nitrogen and oxygen atoms in total.